The van der Waals surface area contributed by atoms with Crippen LogP contribution in [0.1, 0.15) is 34.1 Å². The van der Waals surface area contributed by atoms with Gasteiger partial charge in [-0.15, -0.1) is 0 Å². The van der Waals surface area contributed by atoms with E-state index in [4.69, 9.17) is 56.8 Å². The van der Waals surface area contributed by atoms with Gasteiger partial charge < -0.3 is 180 Å². The fraction of sp³-hybridized carbons (Fsp3) is 0.939. The third-order valence-electron chi connectivity index (χ3n) is 15.9. The molecule has 0 aliphatic carbocycles. The molecular weight excluding hydrogens is 1210 g/mol. The first-order chi connectivity index (χ1) is 41.3. The topological polar surface area (TPSA) is 631 Å². The van der Waals surface area contributed by atoms with Crippen LogP contribution in [0.25, 0.3) is 0 Å². The number of hydrogen-bond acceptors (Lipinski definition) is 36. The Hall–Kier alpha value is -2.91. The van der Waals surface area contributed by atoms with Crippen LogP contribution in [0.3, 0.4) is 0 Å². The van der Waals surface area contributed by atoms with Crippen LogP contribution in [-0.2, 0) is 71.2 Å². The number of ether oxygens (including phenoxy) is 12. The van der Waals surface area contributed by atoms with Gasteiger partial charge in [0.25, 0.3) is 5.79 Å². The van der Waals surface area contributed by atoms with Crippen molar-refractivity contribution in [2.75, 3.05) is 39.6 Å². The van der Waals surface area contributed by atoms with Gasteiger partial charge in [0.2, 0.25) is 11.8 Å². The van der Waals surface area contributed by atoms with Crippen molar-refractivity contribution < 1.29 is 184 Å². The Kier molecular flexibility index (Phi) is 26.8. The van der Waals surface area contributed by atoms with E-state index in [9.17, 15) is 127 Å². The number of amides is 2. The molecule has 6 fully saturated rings. The molecule has 0 aromatic heterocycles. The molecule has 0 aromatic rings. The molecule has 6 aliphatic rings. The number of carbonyl (C=O) groups excluding carboxylic acids is 2. The van der Waals surface area contributed by atoms with E-state index in [1.54, 1.807) is 0 Å². The Bertz CT molecular complexity index is 2200. The third-order valence-corrected chi connectivity index (χ3v) is 15.9. The minimum atomic E-state index is -3.19. The summed E-state index contributed by atoms with van der Waals surface area (Å²) in [6.45, 7) is -2.97. The van der Waals surface area contributed by atoms with Gasteiger partial charge in [0.15, 0.2) is 31.5 Å². The van der Waals surface area contributed by atoms with Gasteiger partial charge in [-0.2, -0.15) is 0 Å². The van der Waals surface area contributed by atoms with Crippen molar-refractivity contribution in [1.29, 1.82) is 0 Å². The van der Waals surface area contributed by atoms with Crippen molar-refractivity contribution in [2.24, 2.45) is 0 Å². The zero-order valence-corrected chi connectivity index (χ0v) is 47.5. The number of carboxylic acids is 1. The Morgan fingerprint density at radius 3 is 1.44 bits per heavy atom. The van der Waals surface area contributed by atoms with Crippen molar-refractivity contribution in [3.8, 4) is 0 Å². The van der Waals surface area contributed by atoms with Crippen molar-refractivity contribution in [1.82, 2.24) is 10.6 Å². The van der Waals surface area contributed by atoms with Crippen LogP contribution in [0.5, 0.6) is 0 Å². The van der Waals surface area contributed by atoms with Crippen molar-refractivity contribution in [3.63, 3.8) is 0 Å². The van der Waals surface area contributed by atoms with Gasteiger partial charge in [0, 0.05) is 20.3 Å². The molecule has 0 unspecified atom stereocenters. The molecule has 35 atom stereocenters. The maximum absolute atomic E-state index is 13.3. The predicted molar refractivity (Wildman–Crippen MR) is 272 cm³/mol. The van der Waals surface area contributed by atoms with E-state index >= 15 is 0 Å². The lowest BCUT2D eigenvalue weighted by Gasteiger charge is -2.51. The molecule has 512 valence electrons. The number of hydrogen-bond donors (Lipinski definition) is 24. The van der Waals surface area contributed by atoms with Crippen LogP contribution in [0, 0.1) is 0 Å². The summed E-state index contributed by atoms with van der Waals surface area (Å²) >= 11 is 0. The van der Waals surface area contributed by atoms with E-state index in [0.717, 1.165) is 13.8 Å². The molecule has 6 heterocycles. The molecule has 39 nitrogen and oxygen atoms in total. The molecule has 88 heavy (non-hydrogen) atoms. The standard InChI is InChI=1S/C49H84N2O37/c1-12-25(63)31(69)34(72)44(78-12)83-37(18(61)7-53)38(19(62)8-54)84-46-36(74)41(29(67)21(10-56)80-46)86-43-24(51-15(4)58)39(85-47-42(33(71)28(66)20(9-55)81-47)87-45-35(73)32(70)26(64)13(2)79-45)30(68)22(82-43)11-77-49(48(75)76)5-16(59)23(50-14(3)57)40(88-49)27(65)17(60)6-52/h12-13,16-47,52-56,59-74H,5-11H2,1-4H3,(H,50,57)(H,51,58)(H,75,76)/t12-,13-,16-,17+,18-,19+,20+,21+,22+,23+,24+,25+,26+,27+,28-,29-,30+,31+,32+,33-,34-,35-,36+,37+,38+,39+,40+,41-,42+,43-,44-,45-,46-,47-,49+/m0/s1. The van der Waals surface area contributed by atoms with Gasteiger partial charge in [-0.25, -0.2) is 4.79 Å². The second kappa shape index (κ2) is 31.8. The van der Waals surface area contributed by atoms with E-state index in [2.05, 4.69) is 10.6 Å². The van der Waals surface area contributed by atoms with Crippen LogP contribution < -0.4 is 10.6 Å². The zero-order valence-electron chi connectivity index (χ0n) is 47.5. The smallest absolute Gasteiger partial charge is 0.364 e. The van der Waals surface area contributed by atoms with Crippen LogP contribution in [-0.4, -0.2) is 384 Å². The lowest BCUT2D eigenvalue weighted by Crippen LogP contribution is -2.71. The number of carboxylic acid groups (broad SMARTS) is 1. The largest absolute Gasteiger partial charge is 0.477 e. The fourth-order valence-electron chi connectivity index (χ4n) is 10.9. The van der Waals surface area contributed by atoms with Gasteiger partial charge in [-0.1, -0.05) is 0 Å². The molecule has 0 bridgehead atoms. The van der Waals surface area contributed by atoms with Gasteiger partial charge in [0.1, 0.15) is 153 Å². The van der Waals surface area contributed by atoms with Gasteiger partial charge in [-0.05, 0) is 13.8 Å². The zero-order chi connectivity index (χ0) is 65.7. The summed E-state index contributed by atoms with van der Waals surface area (Å²) in [5, 5.41) is 243. The number of rotatable bonds is 26. The molecule has 39 heteroatoms. The molecule has 0 radical (unpaired) electrons. The quantitative estimate of drug-likeness (QED) is 0.0382. The highest BCUT2D eigenvalue weighted by molar-refractivity contribution is 5.76. The van der Waals surface area contributed by atoms with E-state index in [1.807, 2.05) is 0 Å². The highest BCUT2D eigenvalue weighted by Gasteiger charge is 2.60. The molecule has 2 amide bonds. The number of carbonyl (C=O) groups is 3. The van der Waals surface area contributed by atoms with Crippen molar-refractivity contribution >= 4 is 17.8 Å². The van der Waals surface area contributed by atoms with Crippen LogP contribution in [0.4, 0.5) is 0 Å². The number of aliphatic hydroxyl groups excluding tert-OH is 21. The Labute approximate surface area is 499 Å². The Morgan fingerprint density at radius 1 is 0.489 bits per heavy atom. The lowest BCUT2D eigenvalue weighted by atomic mass is 9.88. The summed E-state index contributed by atoms with van der Waals surface area (Å²) in [5.41, 5.74) is 0. The summed E-state index contributed by atoms with van der Waals surface area (Å²) in [5.74, 6) is -7.19. The fourth-order valence-corrected chi connectivity index (χ4v) is 10.9. The van der Waals surface area contributed by atoms with Gasteiger partial charge >= 0.3 is 5.97 Å². The molecule has 6 saturated heterocycles. The maximum atomic E-state index is 13.3. The normalized spacial score (nSPS) is 45.5. The summed E-state index contributed by atoms with van der Waals surface area (Å²) in [7, 11) is 0. The van der Waals surface area contributed by atoms with E-state index in [0.29, 0.717) is 0 Å². The first-order valence-corrected chi connectivity index (χ1v) is 27.9. The Morgan fingerprint density at radius 2 is 0.932 bits per heavy atom. The molecule has 6 rings (SSSR count). The van der Waals surface area contributed by atoms with Gasteiger partial charge in [-0.3, -0.25) is 9.59 Å². The third kappa shape index (κ3) is 16.3. The molecule has 0 aromatic carbocycles. The average molecular weight is 1290 g/mol. The first kappa shape index (κ1) is 74.1. The van der Waals surface area contributed by atoms with Crippen molar-refractivity contribution in [2.45, 2.75) is 248 Å². The summed E-state index contributed by atoms with van der Waals surface area (Å²) < 4.78 is 69.8. The van der Waals surface area contributed by atoms with E-state index in [-0.39, 0.29) is 0 Å². The maximum Gasteiger partial charge on any atom is 0.364 e. The SMILES string of the molecule is CC(=O)N[C@H]1[C@H](O[C@H]2[C@@H](O)[C@@H](CO)O[C@@H](O[C@@H]([C@H](O[C@@H]3O[C@@H](C)[C@@H](O)[C@@H](O)[C@@H]3O)[C@@H](O)CO)[C@H](O)CO)[C@@H]2O)O[C@H](CO[C@]2(C(=O)O)C[C@H](O)[C@@H](NC(C)=O)[C@H]([C@H](O)[C@H](O)CO)O2)[C@@H](O)[C@@H]1O[C@@H]1O[C@H](CO)[C@H](O)[C@H](O)[C@H]1O[C@@H]1O[C@@H](C)[C@@H](O)[C@@H](O)[C@@H]1O. The highest BCUT2D eigenvalue weighted by Crippen LogP contribution is 2.39. The lowest BCUT2D eigenvalue weighted by molar-refractivity contribution is -0.391. The van der Waals surface area contributed by atoms with Crippen molar-refractivity contribution in [3.05, 3.63) is 0 Å². The predicted octanol–water partition coefficient (Wildman–Crippen LogP) is -15.1. The second-order valence-corrected chi connectivity index (χ2v) is 22.2. The minimum Gasteiger partial charge on any atom is -0.477 e. The molecule has 24 N–H and O–H groups in total. The van der Waals surface area contributed by atoms with E-state index < -0.39 is 278 Å². The number of aliphatic hydroxyl groups is 21. The Balaban J connectivity index is 1.43. The first-order valence-electron chi connectivity index (χ1n) is 27.9. The second-order valence-electron chi connectivity index (χ2n) is 22.2. The molecule has 0 spiro atoms. The molecular formula is C49H84N2O37. The monoisotopic (exact) mass is 1290 g/mol. The van der Waals surface area contributed by atoms with Gasteiger partial charge in [0.05, 0.1) is 64.0 Å². The summed E-state index contributed by atoms with van der Waals surface area (Å²) in [6.07, 6.45) is -67.9. The number of aliphatic carboxylic acids is 1. The van der Waals surface area contributed by atoms with Crippen LogP contribution in [0.15, 0.2) is 0 Å². The number of nitrogens with one attached hydrogen (secondary N) is 2. The molecule has 0 saturated carbocycles. The van der Waals surface area contributed by atoms with Crippen LogP contribution in [0.2, 0.25) is 0 Å². The average Bonchev–Trinajstić information content (AvgIpc) is 0.879. The minimum absolute atomic E-state index is 0.861. The summed E-state index contributed by atoms with van der Waals surface area (Å²) in [6, 6.07) is -3.82. The van der Waals surface area contributed by atoms with Crippen LogP contribution >= 0.6 is 0 Å². The molecule has 6 aliphatic heterocycles. The van der Waals surface area contributed by atoms with E-state index in [1.165, 1.54) is 13.8 Å². The summed E-state index contributed by atoms with van der Waals surface area (Å²) in [4.78, 5) is 38.8. The highest BCUT2D eigenvalue weighted by atomic mass is 16.8.